The van der Waals surface area contributed by atoms with E-state index in [4.69, 9.17) is 5.26 Å². The maximum Gasteiger partial charge on any atom is 0.418 e. The summed E-state index contributed by atoms with van der Waals surface area (Å²) < 4.78 is 95.1. The second-order valence-electron chi connectivity index (χ2n) is 5.84. The van der Waals surface area contributed by atoms with Crippen molar-refractivity contribution in [2.45, 2.75) is 31.0 Å². The number of aromatic nitrogens is 1. The second-order valence-corrected chi connectivity index (χ2v) is 5.84. The summed E-state index contributed by atoms with van der Waals surface area (Å²) in [5.41, 5.74) is -3.90. The van der Waals surface area contributed by atoms with Crippen LogP contribution in [0, 0.1) is 23.0 Å². The van der Waals surface area contributed by atoms with Crippen molar-refractivity contribution in [2.75, 3.05) is 0 Å². The average molecular weight is 378 g/mol. The molecule has 0 radical (unpaired) electrons. The Bertz CT molecular complexity index is 924. The van der Waals surface area contributed by atoms with Gasteiger partial charge in [-0.25, -0.2) is 17.6 Å². The number of hydrogen-bond donors (Lipinski definition) is 1. The van der Waals surface area contributed by atoms with Crippen molar-refractivity contribution < 1.29 is 35.8 Å². The number of benzene rings is 1. The zero-order valence-electron chi connectivity index (χ0n) is 12.7. The maximum atomic E-state index is 13.7. The van der Waals surface area contributed by atoms with Gasteiger partial charge in [-0.2, -0.15) is 18.4 Å². The number of hydrogen-bond acceptors (Lipinski definition) is 2. The van der Waals surface area contributed by atoms with Crippen LogP contribution in [0.1, 0.15) is 34.9 Å². The van der Waals surface area contributed by atoms with E-state index in [2.05, 4.69) is 0 Å². The third-order valence-corrected chi connectivity index (χ3v) is 4.24. The largest absolute Gasteiger partial charge is 0.418 e. The highest BCUT2D eigenvalue weighted by Gasteiger charge is 2.50. The molecule has 1 aromatic carbocycles. The quantitative estimate of drug-likeness (QED) is 0.754. The zero-order valence-corrected chi connectivity index (χ0v) is 12.7. The van der Waals surface area contributed by atoms with Crippen LogP contribution in [0.15, 0.2) is 18.3 Å². The maximum absolute atomic E-state index is 13.7. The van der Waals surface area contributed by atoms with Gasteiger partial charge < -0.3 is 9.67 Å². The predicted octanol–water partition coefficient (Wildman–Crippen LogP) is 4.26. The molecule has 1 atom stereocenters. The number of nitriles is 1. The molecule has 1 N–H and O–H groups in total. The van der Waals surface area contributed by atoms with Crippen molar-refractivity contribution in [1.82, 2.24) is 4.57 Å². The van der Waals surface area contributed by atoms with Crippen LogP contribution < -0.4 is 0 Å². The molecular weight excluding hydrogens is 369 g/mol. The van der Waals surface area contributed by atoms with E-state index in [9.17, 15) is 35.8 Å². The number of halogens is 7. The van der Waals surface area contributed by atoms with Crippen molar-refractivity contribution in [2.24, 2.45) is 0 Å². The van der Waals surface area contributed by atoms with Crippen molar-refractivity contribution in [3.05, 3.63) is 52.3 Å². The molecule has 0 fully saturated rings. The van der Waals surface area contributed by atoms with Crippen LogP contribution in [0.5, 0.6) is 0 Å². The van der Waals surface area contributed by atoms with Crippen LogP contribution in [-0.4, -0.2) is 15.6 Å². The molecule has 1 heterocycles. The minimum atomic E-state index is -5.06. The van der Waals surface area contributed by atoms with Crippen molar-refractivity contribution >= 4 is 0 Å². The lowest BCUT2D eigenvalue weighted by Gasteiger charge is -2.29. The van der Waals surface area contributed by atoms with Gasteiger partial charge in [0, 0.05) is 35.6 Å². The minimum absolute atomic E-state index is 0.300. The first-order chi connectivity index (χ1) is 12.0. The molecule has 0 amide bonds. The molecule has 1 unspecified atom stereocenters. The summed E-state index contributed by atoms with van der Waals surface area (Å²) in [6.45, 7) is 0. The summed E-state index contributed by atoms with van der Waals surface area (Å²) in [5, 5.41) is 18.6. The van der Waals surface area contributed by atoms with E-state index >= 15 is 0 Å². The van der Waals surface area contributed by atoms with E-state index in [-0.39, 0.29) is 11.4 Å². The van der Waals surface area contributed by atoms with E-state index in [1.54, 1.807) is 0 Å². The fraction of sp³-hybridized carbons (Fsp3) is 0.312. The first-order valence-corrected chi connectivity index (χ1v) is 7.24. The fourth-order valence-electron chi connectivity index (χ4n) is 3.01. The topological polar surface area (TPSA) is 49.0 Å². The number of aliphatic hydroxyl groups excluding tert-OH is 1. The molecule has 0 saturated heterocycles. The van der Waals surface area contributed by atoms with Gasteiger partial charge >= 0.3 is 6.18 Å². The van der Waals surface area contributed by atoms with Gasteiger partial charge in [0.2, 0.25) is 0 Å². The van der Waals surface area contributed by atoms with E-state index in [0.717, 1.165) is 10.6 Å². The van der Waals surface area contributed by atoms with Crippen molar-refractivity contribution in [1.29, 1.82) is 5.26 Å². The lowest BCUT2D eigenvalue weighted by Crippen LogP contribution is -2.33. The highest BCUT2D eigenvalue weighted by Crippen LogP contribution is 2.48. The molecule has 10 heteroatoms. The normalized spacial score (nSPS) is 19.1. The molecule has 1 aromatic heterocycles. The Morgan fingerprint density at radius 2 is 1.88 bits per heavy atom. The van der Waals surface area contributed by atoms with Crippen LogP contribution in [0.2, 0.25) is 0 Å². The molecular formula is C16H9F7N2O. The highest BCUT2D eigenvalue weighted by molar-refractivity contribution is 5.49. The lowest BCUT2D eigenvalue weighted by atomic mass is 9.89. The summed E-state index contributed by atoms with van der Waals surface area (Å²) in [5.74, 6) is -6.71. The Hall–Kier alpha value is -2.54. The Labute approximate surface area is 141 Å². The number of fused-ring (bicyclic) bond motifs is 1. The molecule has 0 aliphatic heterocycles. The molecule has 0 saturated carbocycles. The summed E-state index contributed by atoms with van der Waals surface area (Å²) in [6.07, 6.45) is -8.76. The summed E-state index contributed by atoms with van der Waals surface area (Å²) >= 11 is 0. The molecule has 2 aromatic rings. The fourth-order valence-corrected chi connectivity index (χ4v) is 3.01. The summed E-state index contributed by atoms with van der Waals surface area (Å²) in [6, 6.07) is 2.72. The predicted molar refractivity (Wildman–Crippen MR) is 73.6 cm³/mol. The number of alkyl halides is 5. The van der Waals surface area contributed by atoms with Gasteiger partial charge in [-0.15, -0.1) is 0 Å². The third-order valence-electron chi connectivity index (χ3n) is 4.24. The van der Waals surface area contributed by atoms with Gasteiger partial charge in [0.1, 0.15) is 12.2 Å². The van der Waals surface area contributed by atoms with Crippen LogP contribution in [0.4, 0.5) is 30.7 Å². The Balaban J connectivity index is 2.29. The molecule has 26 heavy (non-hydrogen) atoms. The van der Waals surface area contributed by atoms with Gasteiger partial charge in [-0.1, -0.05) is 0 Å². The van der Waals surface area contributed by atoms with Gasteiger partial charge in [0.25, 0.3) is 5.92 Å². The molecule has 138 valence electrons. The molecule has 1 aliphatic rings. The van der Waals surface area contributed by atoms with E-state index < -0.39 is 59.4 Å². The van der Waals surface area contributed by atoms with E-state index in [0.29, 0.717) is 12.3 Å². The first-order valence-electron chi connectivity index (χ1n) is 7.24. The number of aliphatic hydroxyl groups is 1. The van der Waals surface area contributed by atoms with Gasteiger partial charge in [-0.05, 0) is 12.5 Å². The van der Waals surface area contributed by atoms with Crippen LogP contribution in [0.25, 0.3) is 5.69 Å². The van der Waals surface area contributed by atoms with Crippen LogP contribution in [-0.2, 0) is 12.6 Å². The monoisotopic (exact) mass is 378 g/mol. The van der Waals surface area contributed by atoms with Crippen LogP contribution >= 0.6 is 0 Å². The smallest absolute Gasteiger partial charge is 0.382 e. The summed E-state index contributed by atoms with van der Waals surface area (Å²) in [4.78, 5) is 0. The molecule has 3 nitrogen and oxygen atoms in total. The number of nitrogens with zero attached hydrogens (tertiary/aromatic N) is 2. The zero-order chi connectivity index (χ0) is 19.4. The standard InChI is InChI=1S/C16H9F7N2O/c17-10-4-8(3-7(5-24)13(10)18)25-6-9(16(21,22)23)12-11(25)1-2-15(19,20)14(12)26/h3-4,6,14,26H,1-2H2. The second kappa shape index (κ2) is 5.74. The van der Waals surface area contributed by atoms with Crippen molar-refractivity contribution in [3.8, 4) is 11.8 Å². The molecule has 1 aliphatic carbocycles. The molecule has 0 bridgehead atoms. The minimum Gasteiger partial charge on any atom is -0.382 e. The van der Waals surface area contributed by atoms with E-state index in [1.165, 1.54) is 6.07 Å². The third kappa shape index (κ3) is 2.72. The van der Waals surface area contributed by atoms with Gasteiger partial charge in [-0.3, -0.25) is 0 Å². The Kier molecular flexibility index (Phi) is 4.03. The van der Waals surface area contributed by atoms with Gasteiger partial charge in [0.15, 0.2) is 11.6 Å². The van der Waals surface area contributed by atoms with Crippen molar-refractivity contribution in [3.63, 3.8) is 0 Å². The Morgan fingerprint density at radius 3 is 2.46 bits per heavy atom. The van der Waals surface area contributed by atoms with Gasteiger partial charge in [0.05, 0.1) is 11.1 Å². The van der Waals surface area contributed by atoms with Crippen LogP contribution in [0.3, 0.4) is 0 Å². The van der Waals surface area contributed by atoms with E-state index in [1.807, 2.05) is 0 Å². The SMILES string of the molecule is N#Cc1cc(-n2cc(C(F)(F)F)c3c2CCC(F)(F)C3O)cc(F)c1F. The lowest BCUT2D eigenvalue weighted by molar-refractivity contribution is -0.147. The first kappa shape index (κ1) is 18.3. The highest BCUT2D eigenvalue weighted by atomic mass is 19.4. The Morgan fingerprint density at radius 1 is 1.23 bits per heavy atom. The average Bonchev–Trinajstić information content (AvgIpc) is 2.94. The number of rotatable bonds is 1. The molecule has 3 rings (SSSR count). The summed E-state index contributed by atoms with van der Waals surface area (Å²) in [7, 11) is 0. The molecule has 0 spiro atoms.